The average molecular weight is 221 g/mol. The summed E-state index contributed by atoms with van der Waals surface area (Å²) in [7, 11) is 0. The summed E-state index contributed by atoms with van der Waals surface area (Å²) >= 11 is 0. The fraction of sp³-hybridized carbons (Fsp3) is 0.769. The van der Waals surface area contributed by atoms with Crippen molar-refractivity contribution in [2.75, 3.05) is 6.54 Å². The smallest absolute Gasteiger partial charge is 0.0638 e. The number of nitrogens with zero attached hydrogens (tertiary/aromatic N) is 1. The molecule has 1 aromatic heterocycles. The average Bonchev–Trinajstić information content (AvgIpc) is 2.62. The lowest BCUT2D eigenvalue weighted by atomic mass is 9.89. The fourth-order valence-electron chi connectivity index (χ4n) is 2.63. The van der Waals surface area contributed by atoms with E-state index in [1.165, 1.54) is 49.9 Å². The van der Waals surface area contributed by atoms with Gasteiger partial charge in [0.05, 0.1) is 5.69 Å². The van der Waals surface area contributed by atoms with Crippen LogP contribution < -0.4 is 5.32 Å². The molecule has 3 heteroatoms. The molecule has 1 aliphatic carbocycles. The van der Waals surface area contributed by atoms with Gasteiger partial charge in [0, 0.05) is 17.8 Å². The van der Waals surface area contributed by atoms with Crippen LogP contribution in [0.5, 0.6) is 0 Å². The molecule has 0 spiro atoms. The highest BCUT2D eigenvalue weighted by atomic mass is 15.1. The summed E-state index contributed by atoms with van der Waals surface area (Å²) < 4.78 is 0. The summed E-state index contributed by atoms with van der Waals surface area (Å²) in [4.78, 5) is 0. The molecule has 90 valence electrons. The maximum Gasteiger partial charge on any atom is 0.0638 e. The third kappa shape index (κ3) is 2.85. The second kappa shape index (κ2) is 5.48. The topological polar surface area (TPSA) is 40.7 Å². The van der Waals surface area contributed by atoms with E-state index in [0.717, 1.165) is 18.2 Å². The first-order valence-electron chi connectivity index (χ1n) is 6.48. The maximum atomic E-state index is 4.22. The lowest BCUT2D eigenvalue weighted by Gasteiger charge is -2.21. The van der Waals surface area contributed by atoms with Crippen molar-refractivity contribution in [2.24, 2.45) is 5.92 Å². The van der Waals surface area contributed by atoms with Gasteiger partial charge in [0.2, 0.25) is 0 Å². The molecule has 3 nitrogen and oxygen atoms in total. The maximum absolute atomic E-state index is 4.22. The van der Waals surface area contributed by atoms with E-state index in [0.29, 0.717) is 0 Å². The molecule has 2 N–H and O–H groups in total. The van der Waals surface area contributed by atoms with Crippen LogP contribution >= 0.6 is 0 Å². The first-order chi connectivity index (χ1) is 7.77. The Morgan fingerprint density at radius 2 is 2.00 bits per heavy atom. The van der Waals surface area contributed by atoms with E-state index >= 15 is 0 Å². The van der Waals surface area contributed by atoms with Gasteiger partial charge in [-0.05, 0) is 39.2 Å². The van der Waals surface area contributed by atoms with E-state index < -0.39 is 0 Å². The van der Waals surface area contributed by atoms with Crippen LogP contribution in [-0.2, 0) is 6.54 Å². The fourth-order valence-corrected chi connectivity index (χ4v) is 2.63. The van der Waals surface area contributed by atoms with Crippen LogP contribution in [0.4, 0.5) is 0 Å². The van der Waals surface area contributed by atoms with E-state index in [1.807, 2.05) is 0 Å². The lowest BCUT2D eigenvalue weighted by molar-refractivity contribution is 0.342. The third-order valence-corrected chi connectivity index (χ3v) is 3.74. The van der Waals surface area contributed by atoms with E-state index in [1.54, 1.807) is 0 Å². The summed E-state index contributed by atoms with van der Waals surface area (Å²) in [6, 6.07) is 0. The molecular weight excluding hydrogens is 198 g/mol. The highest BCUT2D eigenvalue weighted by molar-refractivity contribution is 5.22. The van der Waals surface area contributed by atoms with Gasteiger partial charge in [-0.3, -0.25) is 5.10 Å². The Labute approximate surface area is 98.0 Å². The van der Waals surface area contributed by atoms with Gasteiger partial charge in [-0.15, -0.1) is 0 Å². The minimum Gasteiger partial charge on any atom is -0.312 e. The molecule has 1 aromatic rings. The molecule has 1 fully saturated rings. The number of rotatable bonds is 4. The molecule has 1 aliphatic rings. The predicted octanol–water partition coefficient (Wildman–Crippen LogP) is 2.70. The van der Waals surface area contributed by atoms with Crippen LogP contribution in [0.3, 0.4) is 0 Å². The van der Waals surface area contributed by atoms with Crippen molar-refractivity contribution in [1.82, 2.24) is 15.5 Å². The Morgan fingerprint density at radius 3 is 2.62 bits per heavy atom. The third-order valence-electron chi connectivity index (χ3n) is 3.74. The second-order valence-electron chi connectivity index (χ2n) is 5.05. The molecule has 1 saturated carbocycles. The van der Waals surface area contributed by atoms with Gasteiger partial charge in [0.15, 0.2) is 0 Å². The summed E-state index contributed by atoms with van der Waals surface area (Å²) in [5.74, 6) is 0.904. The standard InChI is InChI=1S/C13H23N3/c1-10-13(11(2)16-15-10)9-14-8-12-6-4-3-5-7-12/h12,14H,3-9H2,1-2H3,(H,15,16). The van der Waals surface area contributed by atoms with Crippen molar-refractivity contribution < 1.29 is 0 Å². The molecule has 1 heterocycles. The van der Waals surface area contributed by atoms with Crippen LogP contribution in [0, 0.1) is 19.8 Å². The zero-order valence-electron chi connectivity index (χ0n) is 10.5. The molecule has 16 heavy (non-hydrogen) atoms. The summed E-state index contributed by atoms with van der Waals surface area (Å²) in [6.07, 6.45) is 7.12. The second-order valence-corrected chi connectivity index (χ2v) is 5.05. The zero-order valence-corrected chi connectivity index (χ0v) is 10.5. The van der Waals surface area contributed by atoms with Gasteiger partial charge in [-0.2, -0.15) is 5.10 Å². The lowest BCUT2D eigenvalue weighted by Crippen LogP contribution is -2.24. The van der Waals surface area contributed by atoms with Crippen LogP contribution in [-0.4, -0.2) is 16.7 Å². The molecule has 0 radical (unpaired) electrons. The zero-order chi connectivity index (χ0) is 11.4. The highest BCUT2D eigenvalue weighted by Crippen LogP contribution is 2.22. The van der Waals surface area contributed by atoms with Crippen molar-refractivity contribution in [3.05, 3.63) is 17.0 Å². The highest BCUT2D eigenvalue weighted by Gasteiger charge is 2.13. The normalized spacial score (nSPS) is 17.9. The van der Waals surface area contributed by atoms with Gasteiger partial charge in [0.25, 0.3) is 0 Å². The molecule has 0 atom stereocenters. The number of aromatic amines is 1. The Hall–Kier alpha value is -0.830. The van der Waals surface area contributed by atoms with E-state index in [2.05, 4.69) is 29.4 Å². The molecule has 0 aromatic carbocycles. The SMILES string of the molecule is Cc1n[nH]c(C)c1CNCC1CCCCC1. The van der Waals surface area contributed by atoms with Crippen LogP contribution in [0.1, 0.15) is 49.1 Å². The van der Waals surface area contributed by atoms with Crippen molar-refractivity contribution in [2.45, 2.75) is 52.5 Å². The molecule has 0 saturated heterocycles. The monoisotopic (exact) mass is 221 g/mol. The summed E-state index contributed by atoms with van der Waals surface area (Å²) in [5, 5.41) is 10.8. The molecular formula is C13H23N3. The minimum atomic E-state index is 0.904. The van der Waals surface area contributed by atoms with Crippen molar-refractivity contribution in [3.8, 4) is 0 Å². The molecule has 0 bridgehead atoms. The largest absolute Gasteiger partial charge is 0.312 e. The van der Waals surface area contributed by atoms with Crippen LogP contribution in [0.2, 0.25) is 0 Å². The van der Waals surface area contributed by atoms with Crippen molar-refractivity contribution >= 4 is 0 Å². The molecule has 0 amide bonds. The van der Waals surface area contributed by atoms with Crippen molar-refractivity contribution in [3.63, 3.8) is 0 Å². The number of nitrogens with one attached hydrogen (secondary N) is 2. The van der Waals surface area contributed by atoms with Crippen molar-refractivity contribution in [1.29, 1.82) is 0 Å². The number of aryl methyl sites for hydroxylation is 2. The minimum absolute atomic E-state index is 0.904. The van der Waals surface area contributed by atoms with E-state index in [9.17, 15) is 0 Å². The Kier molecular flexibility index (Phi) is 3.99. The van der Waals surface area contributed by atoms with E-state index in [4.69, 9.17) is 0 Å². The number of hydrogen-bond acceptors (Lipinski definition) is 2. The summed E-state index contributed by atoms with van der Waals surface area (Å²) in [6.45, 7) is 6.30. The quantitative estimate of drug-likeness (QED) is 0.820. The Balaban J connectivity index is 1.75. The summed E-state index contributed by atoms with van der Waals surface area (Å²) in [5.41, 5.74) is 3.68. The van der Waals surface area contributed by atoms with Gasteiger partial charge < -0.3 is 5.32 Å². The van der Waals surface area contributed by atoms with Gasteiger partial charge in [-0.25, -0.2) is 0 Å². The first kappa shape index (κ1) is 11.6. The molecule has 2 rings (SSSR count). The molecule has 0 unspecified atom stereocenters. The Morgan fingerprint density at radius 1 is 1.25 bits per heavy atom. The predicted molar refractivity (Wildman–Crippen MR) is 66.3 cm³/mol. The van der Waals surface area contributed by atoms with Gasteiger partial charge in [-0.1, -0.05) is 19.3 Å². The van der Waals surface area contributed by atoms with E-state index in [-0.39, 0.29) is 0 Å². The first-order valence-corrected chi connectivity index (χ1v) is 6.48. The van der Waals surface area contributed by atoms with Crippen LogP contribution in [0.25, 0.3) is 0 Å². The van der Waals surface area contributed by atoms with Crippen LogP contribution in [0.15, 0.2) is 0 Å². The molecule has 0 aliphatic heterocycles. The number of hydrogen-bond donors (Lipinski definition) is 2. The van der Waals surface area contributed by atoms with Gasteiger partial charge in [0.1, 0.15) is 0 Å². The number of H-pyrrole nitrogens is 1. The Bertz CT molecular complexity index is 304. The number of aromatic nitrogens is 2. The van der Waals surface area contributed by atoms with Gasteiger partial charge >= 0.3 is 0 Å².